The van der Waals surface area contributed by atoms with Gasteiger partial charge in [0.15, 0.2) is 0 Å². The van der Waals surface area contributed by atoms with E-state index in [0.29, 0.717) is 0 Å². The van der Waals surface area contributed by atoms with Crippen molar-refractivity contribution >= 4 is 33.3 Å². The van der Waals surface area contributed by atoms with Crippen LogP contribution in [0.2, 0.25) is 5.02 Å². The molecule has 0 aliphatic rings. The first-order chi connectivity index (χ1) is 7.36. The molecule has 0 bridgehead atoms. The Morgan fingerprint density at radius 2 is 1.80 bits per heavy atom. The number of benzene rings is 2. The third-order valence-electron chi connectivity index (χ3n) is 2.58. The second-order valence-electron chi connectivity index (χ2n) is 3.47. The van der Waals surface area contributed by atoms with Crippen LogP contribution in [0.3, 0.4) is 0 Å². The van der Waals surface area contributed by atoms with Crippen LogP contribution in [0.25, 0.3) is 21.7 Å². The van der Waals surface area contributed by atoms with Crippen LogP contribution in [0.1, 0.15) is 0 Å². The van der Waals surface area contributed by atoms with E-state index in [1.54, 1.807) is 6.20 Å². The minimum atomic E-state index is 0.761. The van der Waals surface area contributed by atoms with Crippen LogP contribution >= 0.6 is 11.6 Å². The molecule has 0 aliphatic carbocycles. The molecule has 15 heavy (non-hydrogen) atoms. The molecule has 0 spiro atoms. The number of halogens is 1. The molecule has 3 rings (SSSR count). The molecule has 1 nitrogen and oxygen atoms in total. The van der Waals surface area contributed by atoms with Crippen molar-refractivity contribution in [1.82, 2.24) is 4.98 Å². The first-order valence-corrected chi connectivity index (χ1v) is 5.16. The van der Waals surface area contributed by atoms with Crippen molar-refractivity contribution < 1.29 is 0 Å². The van der Waals surface area contributed by atoms with Gasteiger partial charge in [0.05, 0.1) is 10.5 Å². The van der Waals surface area contributed by atoms with Gasteiger partial charge < -0.3 is 0 Å². The minimum Gasteiger partial charge on any atom is -0.256 e. The summed E-state index contributed by atoms with van der Waals surface area (Å²) in [5, 5.41) is 4.15. The maximum atomic E-state index is 6.20. The Balaban J connectivity index is 2.64. The van der Waals surface area contributed by atoms with Gasteiger partial charge in [-0.2, -0.15) is 0 Å². The van der Waals surface area contributed by atoms with Gasteiger partial charge in [-0.1, -0.05) is 41.9 Å². The number of nitrogens with zero attached hydrogens (tertiary/aromatic N) is 1. The summed E-state index contributed by atoms with van der Waals surface area (Å²) < 4.78 is 0. The Kier molecular flexibility index (Phi) is 1.86. The van der Waals surface area contributed by atoms with Gasteiger partial charge in [-0.05, 0) is 22.9 Å². The zero-order valence-electron chi connectivity index (χ0n) is 7.94. The fraction of sp³-hybridized carbons (Fsp3) is 0. The predicted molar refractivity (Wildman–Crippen MR) is 64.3 cm³/mol. The lowest BCUT2D eigenvalue weighted by molar-refractivity contribution is 1.42. The van der Waals surface area contributed by atoms with Crippen molar-refractivity contribution in [1.29, 1.82) is 0 Å². The molecule has 0 N–H and O–H groups in total. The number of rotatable bonds is 0. The van der Waals surface area contributed by atoms with Crippen LogP contribution in [-0.4, -0.2) is 4.98 Å². The van der Waals surface area contributed by atoms with Crippen LogP contribution < -0.4 is 0 Å². The first-order valence-electron chi connectivity index (χ1n) is 4.78. The Labute approximate surface area is 92.3 Å². The van der Waals surface area contributed by atoms with Gasteiger partial charge in [-0.15, -0.1) is 0 Å². The quantitative estimate of drug-likeness (QED) is 0.514. The van der Waals surface area contributed by atoms with Crippen molar-refractivity contribution in [2.24, 2.45) is 0 Å². The van der Waals surface area contributed by atoms with E-state index < -0.39 is 0 Å². The Morgan fingerprint density at radius 1 is 0.933 bits per heavy atom. The van der Waals surface area contributed by atoms with E-state index in [4.69, 9.17) is 11.6 Å². The number of aromatic nitrogens is 1. The molecule has 0 saturated carbocycles. The maximum Gasteiger partial charge on any atom is 0.0723 e. The summed E-state index contributed by atoms with van der Waals surface area (Å²) in [6, 6.07) is 14.1. The second kappa shape index (κ2) is 3.21. The Hall–Kier alpha value is -1.60. The zero-order valence-corrected chi connectivity index (χ0v) is 8.70. The summed E-state index contributed by atoms with van der Waals surface area (Å²) >= 11 is 6.20. The highest BCUT2D eigenvalue weighted by molar-refractivity contribution is 6.37. The molecule has 3 aromatic rings. The summed E-state index contributed by atoms with van der Waals surface area (Å²) in [5.41, 5.74) is 0.946. The molecule has 1 aromatic heterocycles. The number of fused-ring (bicyclic) bond motifs is 3. The lowest BCUT2D eigenvalue weighted by atomic mass is 10.1. The van der Waals surface area contributed by atoms with Crippen molar-refractivity contribution in [2.45, 2.75) is 0 Å². The average molecular weight is 214 g/mol. The van der Waals surface area contributed by atoms with E-state index in [9.17, 15) is 0 Å². The van der Waals surface area contributed by atoms with E-state index in [1.165, 1.54) is 5.39 Å². The van der Waals surface area contributed by atoms with Gasteiger partial charge in [-0.3, -0.25) is 4.98 Å². The third-order valence-corrected chi connectivity index (χ3v) is 2.90. The SMILES string of the molecule is Clc1ccnc2ccc3ccccc3c12. The van der Waals surface area contributed by atoms with Gasteiger partial charge in [0.1, 0.15) is 0 Å². The van der Waals surface area contributed by atoms with Gasteiger partial charge in [0.2, 0.25) is 0 Å². The smallest absolute Gasteiger partial charge is 0.0723 e. The van der Waals surface area contributed by atoms with Crippen molar-refractivity contribution in [2.75, 3.05) is 0 Å². The highest BCUT2D eigenvalue weighted by Gasteiger charge is 2.03. The minimum absolute atomic E-state index is 0.761. The van der Waals surface area contributed by atoms with Crippen LogP contribution in [0.15, 0.2) is 48.7 Å². The molecule has 0 aliphatic heterocycles. The molecule has 0 atom stereocenters. The van der Waals surface area contributed by atoms with Crippen molar-refractivity contribution in [3.05, 3.63) is 53.7 Å². The molecule has 2 aromatic carbocycles. The monoisotopic (exact) mass is 213 g/mol. The van der Waals surface area contributed by atoms with E-state index >= 15 is 0 Å². The fourth-order valence-electron chi connectivity index (χ4n) is 1.88. The molecular weight excluding hydrogens is 206 g/mol. The van der Waals surface area contributed by atoms with E-state index in [1.807, 2.05) is 24.3 Å². The summed E-state index contributed by atoms with van der Waals surface area (Å²) in [4.78, 5) is 4.31. The number of pyridine rings is 1. The Morgan fingerprint density at radius 3 is 2.73 bits per heavy atom. The molecule has 1 heterocycles. The molecule has 0 fully saturated rings. The van der Waals surface area contributed by atoms with Gasteiger partial charge in [0, 0.05) is 11.6 Å². The summed E-state index contributed by atoms with van der Waals surface area (Å²) in [6.45, 7) is 0. The lowest BCUT2D eigenvalue weighted by Crippen LogP contribution is -1.81. The summed E-state index contributed by atoms with van der Waals surface area (Å²) in [7, 11) is 0. The largest absolute Gasteiger partial charge is 0.256 e. The zero-order chi connectivity index (χ0) is 10.3. The molecule has 0 unspecified atom stereocenters. The van der Waals surface area contributed by atoms with Crippen molar-refractivity contribution in [3.8, 4) is 0 Å². The molecule has 0 amide bonds. The van der Waals surface area contributed by atoms with Crippen LogP contribution in [0, 0.1) is 0 Å². The molecule has 72 valence electrons. The molecular formula is C13H8ClN. The standard InChI is InChI=1S/C13H8ClN/c14-11-7-8-15-12-6-5-9-3-1-2-4-10(9)13(11)12/h1-8H. The highest BCUT2D eigenvalue weighted by atomic mass is 35.5. The van der Waals surface area contributed by atoms with Gasteiger partial charge >= 0.3 is 0 Å². The van der Waals surface area contributed by atoms with Crippen molar-refractivity contribution in [3.63, 3.8) is 0 Å². The van der Waals surface area contributed by atoms with Gasteiger partial charge in [-0.25, -0.2) is 0 Å². The average Bonchev–Trinajstić information content (AvgIpc) is 2.29. The number of hydrogen-bond acceptors (Lipinski definition) is 1. The van der Waals surface area contributed by atoms with Crippen LogP contribution in [-0.2, 0) is 0 Å². The highest BCUT2D eigenvalue weighted by Crippen LogP contribution is 2.29. The second-order valence-corrected chi connectivity index (χ2v) is 3.88. The maximum absolute atomic E-state index is 6.20. The molecule has 2 heteroatoms. The Bertz CT molecular complexity index is 646. The summed E-state index contributed by atoms with van der Waals surface area (Å²) in [5.74, 6) is 0. The van der Waals surface area contributed by atoms with E-state index in [0.717, 1.165) is 21.3 Å². The van der Waals surface area contributed by atoms with Gasteiger partial charge in [0.25, 0.3) is 0 Å². The first kappa shape index (κ1) is 8.69. The normalized spacial score (nSPS) is 11.0. The third kappa shape index (κ3) is 1.28. The lowest BCUT2D eigenvalue weighted by Gasteiger charge is -2.04. The van der Waals surface area contributed by atoms with E-state index in [-0.39, 0.29) is 0 Å². The summed E-state index contributed by atoms with van der Waals surface area (Å²) in [6.07, 6.45) is 1.74. The molecule has 0 radical (unpaired) electrons. The van der Waals surface area contributed by atoms with E-state index in [2.05, 4.69) is 23.2 Å². The van der Waals surface area contributed by atoms with Crippen LogP contribution in [0.4, 0.5) is 0 Å². The topological polar surface area (TPSA) is 12.9 Å². The van der Waals surface area contributed by atoms with Crippen LogP contribution in [0.5, 0.6) is 0 Å². The number of hydrogen-bond donors (Lipinski definition) is 0. The fourth-order valence-corrected chi connectivity index (χ4v) is 2.14. The predicted octanol–water partition coefficient (Wildman–Crippen LogP) is 4.04. The molecule has 0 saturated heterocycles.